The van der Waals surface area contributed by atoms with Crippen molar-refractivity contribution >= 4 is 17.8 Å². The zero-order valence-corrected chi connectivity index (χ0v) is 33.2. The Hall–Kier alpha value is -2.47. The van der Waals surface area contributed by atoms with Crippen molar-refractivity contribution in [2.75, 3.05) is 46.2 Å². The number of nitrogens with two attached hydrogens (primary N) is 1. The molecule has 0 spiro atoms. The van der Waals surface area contributed by atoms with Crippen LogP contribution in [-0.2, 0) is 52.3 Å². The zero-order chi connectivity index (χ0) is 46.2. The Morgan fingerprint density at radius 3 is 1.90 bits per heavy atom. The highest BCUT2D eigenvalue weighted by Gasteiger charge is 2.61. The van der Waals surface area contributed by atoms with Crippen molar-refractivity contribution in [1.29, 1.82) is 0 Å². The maximum Gasteiger partial charge on any atom is 0.364 e. The number of aliphatic hydroxyl groups is 13. The van der Waals surface area contributed by atoms with E-state index in [4.69, 9.17) is 43.6 Å². The maximum absolute atomic E-state index is 13.3. The van der Waals surface area contributed by atoms with Crippen molar-refractivity contribution < 1.29 is 124 Å². The predicted molar refractivity (Wildman–Crippen MR) is 193 cm³/mol. The minimum Gasteiger partial charge on any atom is -0.477 e. The molecule has 28 heteroatoms. The monoisotopic (exact) mass is 909 g/mol. The van der Waals surface area contributed by atoms with Crippen LogP contribution < -0.4 is 16.4 Å². The number of ether oxygens (including phenoxy) is 8. The number of nitrogens with one attached hydrogen (secondary N) is 2. The molecule has 19 unspecified atom stereocenters. The third-order valence-electron chi connectivity index (χ3n) is 10.7. The van der Waals surface area contributed by atoms with E-state index in [-0.39, 0.29) is 13.2 Å². The molecule has 0 saturated carbocycles. The molecule has 0 aromatic rings. The Balaban J connectivity index is 1.80. The summed E-state index contributed by atoms with van der Waals surface area (Å²) in [5.74, 6) is -7.37. The average molecular weight is 910 g/mol. The number of aliphatic carboxylic acids is 1. The largest absolute Gasteiger partial charge is 0.477 e. The summed E-state index contributed by atoms with van der Waals surface area (Å²) >= 11 is 0. The van der Waals surface area contributed by atoms with Gasteiger partial charge in [-0.2, -0.15) is 0 Å². The topological polar surface area (TPSA) is 458 Å². The average Bonchev–Trinajstić information content (AvgIpc) is 3.24. The van der Waals surface area contributed by atoms with Crippen LogP contribution in [0.1, 0.15) is 19.8 Å². The molecule has 0 aliphatic carbocycles. The van der Waals surface area contributed by atoms with Crippen LogP contribution in [0.3, 0.4) is 0 Å². The molecule has 21 atom stereocenters. The van der Waals surface area contributed by atoms with Gasteiger partial charge in [-0.05, 0) is 13.0 Å². The van der Waals surface area contributed by atoms with Gasteiger partial charge in [0, 0.05) is 13.3 Å². The quantitative estimate of drug-likeness (QED) is 0.0504. The molecule has 0 aromatic carbocycles. The first-order chi connectivity index (χ1) is 29.3. The van der Waals surface area contributed by atoms with Gasteiger partial charge in [0.1, 0.15) is 98.1 Å². The first-order valence-electron chi connectivity index (χ1n) is 19.6. The number of hydrogen-bond acceptors (Lipinski definition) is 25. The molecule has 360 valence electrons. The van der Waals surface area contributed by atoms with Gasteiger partial charge in [0.15, 0.2) is 18.9 Å². The summed E-state index contributed by atoms with van der Waals surface area (Å²) in [4.78, 5) is 37.7. The first-order valence-corrected chi connectivity index (χ1v) is 19.6. The Bertz CT molecular complexity index is 1440. The lowest BCUT2D eigenvalue weighted by molar-refractivity contribution is -0.400. The van der Waals surface area contributed by atoms with E-state index in [1.807, 2.05) is 0 Å². The summed E-state index contributed by atoms with van der Waals surface area (Å²) < 4.78 is 46.0. The van der Waals surface area contributed by atoms with E-state index >= 15 is 0 Å². The Morgan fingerprint density at radius 2 is 1.34 bits per heavy atom. The predicted octanol–water partition coefficient (Wildman–Crippen LogP) is -10.9. The molecule has 0 bridgehead atoms. The molecule has 62 heavy (non-hydrogen) atoms. The highest BCUT2D eigenvalue weighted by atomic mass is 16.8. The molecule has 4 aliphatic heterocycles. The van der Waals surface area contributed by atoms with Crippen molar-refractivity contribution in [3.05, 3.63) is 0 Å². The second kappa shape index (κ2) is 23.1. The second-order valence-corrected chi connectivity index (χ2v) is 15.1. The molecule has 0 aromatic heterocycles. The van der Waals surface area contributed by atoms with Gasteiger partial charge < -0.3 is 126 Å². The highest BCUT2D eigenvalue weighted by Crippen LogP contribution is 2.40. The number of carboxylic acids is 1. The molecular formula is C34H59N3O25. The number of rotatable bonds is 20. The van der Waals surface area contributed by atoms with Gasteiger partial charge in [0.25, 0.3) is 5.79 Å². The van der Waals surface area contributed by atoms with E-state index in [1.165, 1.54) is 0 Å². The number of carbonyl (C=O) groups is 3. The van der Waals surface area contributed by atoms with Crippen LogP contribution >= 0.6 is 0 Å². The van der Waals surface area contributed by atoms with Crippen LogP contribution in [0.5, 0.6) is 0 Å². The van der Waals surface area contributed by atoms with Crippen LogP contribution in [0.25, 0.3) is 0 Å². The van der Waals surface area contributed by atoms with Crippen LogP contribution in [0.15, 0.2) is 0 Å². The zero-order valence-electron chi connectivity index (χ0n) is 33.2. The summed E-state index contributed by atoms with van der Waals surface area (Å²) in [7, 11) is 0. The fourth-order valence-corrected chi connectivity index (χ4v) is 7.46. The van der Waals surface area contributed by atoms with E-state index in [9.17, 15) is 85.9 Å². The van der Waals surface area contributed by atoms with Crippen LogP contribution in [0.2, 0.25) is 0 Å². The van der Waals surface area contributed by atoms with Gasteiger partial charge in [0.05, 0.1) is 45.2 Å². The van der Waals surface area contributed by atoms with Crippen LogP contribution in [0.4, 0.5) is 0 Å². The van der Waals surface area contributed by atoms with Crippen molar-refractivity contribution in [3.8, 4) is 0 Å². The van der Waals surface area contributed by atoms with E-state index in [2.05, 4.69) is 10.6 Å². The fraction of sp³-hybridized carbons (Fsp3) is 0.912. The standard InChI is InChI=1S/C34H59N3O25/c1-11(43)36-19-22(49)21(48)14(7-39)56-30(19)60-27-16(9-41)58-32(59-26-15(8-40)57-31(24(51)23(26)50)55-4-2-3-35)25(52)29(27)62-34(33(53)54)5-12(44)18(37-17(46)10-42)28(61-34)20(47)13(45)6-38/h12-16,18-32,38-42,44-45,47-52H,2-10,35H2,1H3,(H,36,43)(H,37,46)(H,53,54)/t12?,13-,14?,15?,16?,18?,19?,20-,21?,22?,23?,24?,25?,26?,27?,28?,29?,30?,31?,32?,34?/m1/s1. The molecule has 4 heterocycles. The van der Waals surface area contributed by atoms with Gasteiger partial charge >= 0.3 is 5.97 Å². The van der Waals surface area contributed by atoms with E-state index in [0.29, 0.717) is 6.42 Å². The Kier molecular flexibility index (Phi) is 19.5. The lowest BCUT2D eigenvalue weighted by atomic mass is 9.88. The Morgan fingerprint density at radius 1 is 0.742 bits per heavy atom. The summed E-state index contributed by atoms with van der Waals surface area (Å²) in [5.41, 5.74) is 5.47. The van der Waals surface area contributed by atoms with E-state index in [0.717, 1.165) is 6.92 Å². The molecule has 0 radical (unpaired) electrons. The smallest absolute Gasteiger partial charge is 0.364 e. The van der Waals surface area contributed by atoms with Crippen molar-refractivity contribution in [2.45, 2.75) is 148 Å². The lowest BCUT2D eigenvalue weighted by Crippen LogP contribution is -2.72. The van der Waals surface area contributed by atoms with Gasteiger partial charge in [-0.3, -0.25) is 9.59 Å². The van der Waals surface area contributed by atoms with E-state index in [1.54, 1.807) is 0 Å². The highest BCUT2D eigenvalue weighted by molar-refractivity contribution is 5.78. The number of amides is 2. The molecule has 4 rings (SSSR count). The van der Waals surface area contributed by atoms with Gasteiger partial charge in [-0.25, -0.2) is 4.79 Å². The van der Waals surface area contributed by atoms with Crippen LogP contribution in [0, 0.1) is 0 Å². The molecule has 2 amide bonds. The number of hydrogen-bond donors (Lipinski definition) is 17. The molecule has 4 fully saturated rings. The third kappa shape index (κ3) is 11.7. The summed E-state index contributed by atoms with van der Waals surface area (Å²) in [6.45, 7) is -4.15. The second-order valence-electron chi connectivity index (χ2n) is 15.1. The van der Waals surface area contributed by atoms with Crippen molar-refractivity contribution in [3.63, 3.8) is 0 Å². The minimum atomic E-state index is -3.28. The first kappa shape index (κ1) is 52.2. The summed E-state index contributed by atoms with van der Waals surface area (Å²) in [6, 6.07) is -3.51. The molecular weight excluding hydrogens is 850 g/mol. The summed E-state index contributed by atoms with van der Waals surface area (Å²) in [5, 5.41) is 153. The SMILES string of the molecule is CC(=O)NC1C(OC2C(CO)OC(OC3C(CO)OC(OCCCN)C(O)C3O)C(O)C2OC2(C(=O)O)CC(O)C(NC(=O)CO)C([C@H](O)[C@H](O)CO)O2)OC(CO)C(O)C1O. The number of carboxylic acid groups (broad SMARTS) is 1. The summed E-state index contributed by atoms with van der Waals surface area (Å²) in [6.07, 6.45) is -36.5. The van der Waals surface area contributed by atoms with Gasteiger partial charge in [-0.1, -0.05) is 0 Å². The normalized spacial score (nSPS) is 42.4. The van der Waals surface area contributed by atoms with Crippen molar-refractivity contribution in [2.24, 2.45) is 5.73 Å². The molecule has 28 nitrogen and oxygen atoms in total. The van der Waals surface area contributed by atoms with Crippen LogP contribution in [-0.4, -0.2) is 264 Å². The lowest BCUT2D eigenvalue weighted by Gasteiger charge is -2.52. The fourth-order valence-electron chi connectivity index (χ4n) is 7.46. The van der Waals surface area contributed by atoms with Gasteiger partial charge in [0.2, 0.25) is 11.8 Å². The number of aliphatic hydroxyl groups excluding tert-OH is 13. The third-order valence-corrected chi connectivity index (χ3v) is 10.7. The molecule has 4 aliphatic rings. The van der Waals surface area contributed by atoms with E-state index < -0.39 is 186 Å². The number of carbonyl (C=O) groups excluding carboxylic acids is 2. The minimum absolute atomic E-state index is 0.0340. The van der Waals surface area contributed by atoms with Gasteiger partial charge in [-0.15, -0.1) is 0 Å². The molecule has 4 saturated heterocycles. The van der Waals surface area contributed by atoms with Crippen molar-refractivity contribution in [1.82, 2.24) is 10.6 Å². The maximum atomic E-state index is 13.3. The molecule has 18 N–H and O–H groups in total. The Labute approximate surface area is 352 Å².